The summed E-state index contributed by atoms with van der Waals surface area (Å²) in [6.45, 7) is 5.62. The second-order valence-electron chi connectivity index (χ2n) is 12.4. The predicted molar refractivity (Wildman–Crippen MR) is 173 cm³/mol. The average molecular weight is 682 g/mol. The van der Waals surface area contributed by atoms with Gasteiger partial charge in [-0.1, -0.05) is 13.8 Å². The third-order valence-corrected chi connectivity index (χ3v) is 8.78. The van der Waals surface area contributed by atoms with Crippen molar-refractivity contribution in [1.82, 2.24) is 25.3 Å². The Balaban J connectivity index is 1.67. The molecule has 5 atom stereocenters. The zero-order valence-corrected chi connectivity index (χ0v) is 27.8. The zero-order valence-electron chi connectivity index (χ0n) is 26.9. The molecule has 0 aromatic heterocycles. The summed E-state index contributed by atoms with van der Waals surface area (Å²) in [4.78, 5) is 97.6. The number of cyclic esters (lactones) is 1. The van der Waals surface area contributed by atoms with Crippen molar-refractivity contribution in [3.63, 3.8) is 0 Å². The molecular formula is C29H47N9O8S. The first-order valence-corrected chi connectivity index (χ1v) is 16.5. The van der Waals surface area contributed by atoms with Gasteiger partial charge >= 0.3 is 12.0 Å². The molecule has 0 bridgehead atoms. The number of nitrogens with one attached hydrogen (secondary N) is 2. The lowest BCUT2D eigenvalue weighted by Gasteiger charge is -2.41. The lowest BCUT2D eigenvalue weighted by molar-refractivity contribution is -0.143. The Kier molecular flexibility index (Phi) is 13.8. The number of ketones is 1. The Morgan fingerprint density at radius 3 is 2.30 bits per heavy atom. The Morgan fingerprint density at radius 2 is 1.74 bits per heavy atom. The number of piperazine rings is 1. The minimum atomic E-state index is -1.18. The van der Waals surface area contributed by atoms with Crippen molar-refractivity contribution < 1.29 is 38.3 Å². The van der Waals surface area contributed by atoms with Crippen LogP contribution in [-0.4, -0.2) is 131 Å². The summed E-state index contributed by atoms with van der Waals surface area (Å²) >= 11 is 4.23. The van der Waals surface area contributed by atoms with Gasteiger partial charge in [-0.25, -0.2) is 14.5 Å². The van der Waals surface area contributed by atoms with Crippen molar-refractivity contribution >= 4 is 60.0 Å². The molecule has 262 valence electrons. The first kappa shape index (κ1) is 37.5. The monoisotopic (exact) mass is 681 g/mol. The zero-order chi connectivity index (χ0) is 34.8. The highest BCUT2D eigenvalue weighted by molar-refractivity contribution is 7.80. The molecule has 17 nitrogen and oxygen atoms in total. The molecule has 0 saturated carbocycles. The molecule has 3 aliphatic heterocycles. The van der Waals surface area contributed by atoms with Gasteiger partial charge in [0.05, 0.1) is 19.1 Å². The summed E-state index contributed by atoms with van der Waals surface area (Å²) in [5, 5.41) is 5.12. The number of hydrogen-bond acceptors (Lipinski definition) is 11. The number of urea groups is 1. The van der Waals surface area contributed by atoms with Crippen LogP contribution in [0.3, 0.4) is 0 Å². The number of Topliss-reactive ketones (excluding diaryl/α,β-unsaturated/α-hetero) is 1. The number of rotatable bonds is 17. The summed E-state index contributed by atoms with van der Waals surface area (Å²) in [6, 6.07) is -4.40. The van der Waals surface area contributed by atoms with Crippen molar-refractivity contribution in [2.24, 2.45) is 34.0 Å². The number of carbonyl (C=O) groups excluding carboxylic acids is 7. The van der Waals surface area contributed by atoms with Crippen LogP contribution in [0.1, 0.15) is 52.4 Å². The number of carbonyl (C=O) groups is 7. The number of esters is 1. The Bertz CT molecular complexity index is 1240. The fourth-order valence-electron chi connectivity index (χ4n) is 6.02. The van der Waals surface area contributed by atoms with Gasteiger partial charge in [-0.3, -0.25) is 33.9 Å². The molecule has 3 rings (SSSR count). The van der Waals surface area contributed by atoms with E-state index in [0.717, 1.165) is 4.90 Å². The average Bonchev–Trinajstić information content (AvgIpc) is 3.53. The second kappa shape index (κ2) is 17.3. The van der Waals surface area contributed by atoms with Crippen LogP contribution in [0, 0.1) is 11.8 Å². The van der Waals surface area contributed by atoms with E-state index in [0.29, 0.717) is 38.8 Å². The van der Waals surface area contributed by atoms with E-state index in [1.165, 1.54) is 4.90 Å². The van der Waals surface area contributed by atoms with Crippen LogP contribution in [0.5, 0.6) is 0 Å². The van der Waals surface area contributed by atoms with Crippen molar-refractivity contribution in [3.8, 4) is 0 Å². The number of nitrogens with two attached hydrogens (primary N) is 3. The molecule has 3 fully saturated rings. The maximum atomic E-state index is 13.9. The van der Waals surface area contributed by atoms with E-state index >= 15 is 0 Å². The second-order valence-corrected chi connectivity index (χ2v) is 12.8. The molecule has 18 heteroatoms. The summed E-state index contributed by atoms with van der Waals surface area (Å²) in [6.07, 6.45) is 1.20. The molecule has 0 spiro atoms. The largest absolute Gasteiger partial charge is 0.464 e. The number of primary amides is 1. The number of aliphatic imine (C=N–C) groups is 1. The van der Waals surface area contributed by atoms with Crippen LogP contribution < -0.4 is 27.8 Å². The van der Waals surface area contributed by atoms with Crippen LogP contribution in [0.15, 0.2) is 4.99 Å². The third kappa shape index (κ3) is 10.3. The molecule has 0 aromatic rings. The van der Waals surface area contributed by atoms with Gasteiger partial charge in [0.2, 0.25) is 17.7 Å². The SMILES string of the molecule is CC(C)C[C@@H](C(=O)C[C@H](CCCN=C(N)N)C(=O)NC1CCOC1=O)N1CCN(C(=O)[C@H](CS)N2C(=O)N[C@H](CC(N)=O)C2=O)CC1. The van der Waals surface area contributed by atoms with Gasteiger partial charge in [-0.05, 0) is 25.2 Å². The van der Waals surface area contributed by atoms with Crippen LogP contribution in [0.25, 0.3) is 0 Å². The van der Waals surface area contributed by atoms with E-state index in [1.807, 2.05) is 18.7 Å². The Morgan fingerprint density at radius 1 is 1.06 bits per heavy atom. The molecule has 8 N–H and O–H groups in total. The van der Waals surface area contributed by atoms with Crippen LogP contribution in [0.4, 0.5) is 4.79 Å². The number of amides is 6. The number of ether oxygens (including phenoxy) is 1. The van der Waals surface area contributed by atoms with Crippen LogP contribution in [-0.2, 0) is 33.5 Å². The minimum Gasteiger partial charge on any atom is -0.464 e. The molecule has 0 aliphatic carbocycles. The van der Waals surface area contributed by atoms with Gasteiger partial charge in [0, 0.05) is 57.2 Å². The van der Waals surface area contributed by atoms with Crippen molar-refractivity contribution in [3.05, 3.63) is 0 Å². The maximum Gasteiger partial charge on any atom is 0.328 e. The number of imide groups is 1. The minimum absolute atomic E-state index is 0.0632. The van der Waals surface area contributed by atoms with E-state index in [-0.39, 0.29) is 62.5 Å². The van der Waals surface area contributed by atoms with Gasteiger partial charge in [0.1, 0.15) is 18.1 Å². The standard InChI is InChI=1S/C29H47N9O8S/c1-16(2)12-20(22(39)13-17(4-3-6-33-28(31)32)24(41)34-18-5-11-46-27(18)44)36-7-9-37(10-8-36)26(43)21(15-47)38-25(42)19(14-23(30)40)35-29(38)45/h16-21,47H,3-15H2,1-2H3,(H2,30,40)(H,34,41)(H,35,45)(H4,31,32,33)/t17-,18?,19+,20-,21-/m0/s1. The third-order valence-electron chi connectivity index (χ3n) is 8.44. The number of nitrogens with zero attached hydrogens (tertiary/aromatic N) is 4. The van der Waals surface area contributed by atoms with Crippen molar-refractivity contribution in [2.45, 2.75) is 76.5 Å². The first-order valence-electron chi connectivity index (χ1n) is 15.8. The fourth-order valence-corrected chi connectivity index (χ4v) is 6.34. The van der Waals surface area contributed by atoms with E-state index in [1.54, 1.807) is 0 Å². The van der Waals surface area contributed by atoms with Crippen molar-refractivity contribution in [1.29, 1.82) is 0 Å². The van der Waals surface area contributed by atoms with Crippen LogP contribution in [0.2, 0.25) is 0 Å². The Hall–Kier alpha value is -3.93. The smallest absolute Gasteiger partial charge is 0.328 e. The van der Waals surface area contributed by atoms with E-state index in [2.05, 4.69) is 28.3 Å². The number of thiol groups is 1. The maximum absolute atomic E-state index is 13.9. The molecule has 3 saturated heterocycles. The van der Waals surface area contributed by atoms with E-state index in [4.69, 9.17) is 21.9 Å². The van der Waals surface area contributed by atoms with Crippen LogP contribution >= 0.6 is 12.6 Å². The molecule has 0 radical (unpaired) electrons. The molecule has 0 aromatic carbocycles. The Labute approximate surface area is 279 Å². The van der Waals surface area contributed by atoms with Gasteiger partial charge in [0.25, 0.3) is 5.91 Å². The predicted octanol–water partition coefficient (Wildman–Crippen LogP) is -2.30. The number of guanidine groups is 1. The summed E-state index contributed by atoms with van der Waals surface area (Å²) in [5.74, 6) is -3.79. The molecular weight excluding hydrogens is 634 g/mol. The molecule has 3 aliphatic rings. The lowest BCUT2D eigenvalue weighted by Crippen LogP contribution is -2.59. The summed E-state index contributed by atoms with van der Waals surface area (Å²) < 4.78 is 4.96. The lowest BCUT2D eigenvalue weighted by atomic mass is 9.89. The molecule has 6 amide bonds. The normalized spacial score (nSPS) is 22.0. The van der Waals surface area contributed by atoms with Gasteiger partial charge < -0.3 is 37.5 Å². The quantitative estimate of drug-likeness (QED) is 0.0238. The molecule has 3 heterocycles. The fraction of sp³-hybridized carbons (Fsp3) is 0.724. The summed E-state index contributed by atoms with van der Waals surface area (Å²) in [5.41, 5.74) is 16.0. The highest BCUT2D eigenvalue weighted by atomic mass is 32.1. The molecule has 47 heavy (non-hydrogen) atoms. The van der Waals surface area contributed by atoms with Gasteiger partial charge in [-0.15, -0.1) is 0 Å². The van der Waals surface area contributed by atoms with Gasteiger partial charge in [0.15, 0.2) is 11.7 Å². The van der Waals surface area contributed by atoms with E-state index < -0.39 is 65.7 Å². The highest BCUT2D eigenvalue weighted by Gasteiger charge is 2.46. The topological polar surface area (TPSA) is 253 Å². The molecule has 1 unspecified atom stereocenters. The highest BCUT2D eigenvalue weighted by Crippen LogP contribution is 2.23. The van der Waals surface area contributed by atoms with Crippen molar-refractivity contribution in [2.75, 3.05) is 45.1 Å². The van der Waals surface area contributed by atoms with Gasteiger partial charge in [-0.2, -0.15) is 12.6 Å². The first-order chi connectivity index (χ1) is 22.2. The van der Waals surface area contributed by atoms with E-state index in [9.17, 15) is 33.6 Å². The number of hydrogen-bond donors (Lipinski definition) is 6. The summed E-state index contributed by atoms with van der Waals surface area (Å²) in [7, 11) is 0.